The first-order valence-electron chi connectivity index (χ1n) is 8.94. The van der Waals surface area contributed by atoms with Gasteiger partial charge in [-0.2, -0.15) is 5.26 Å². The van der Waals surface area contributed by atoms with Crippen molar-refractivity contribution in [2.24, 2.45) is 0 Å². The second-order valence-electron chi connectivity index (χ2n) is 6.68. The summed E-state index contributed by atoms with van der Waals surface area (Å²) in [6.07, 6.45) is 0.268. The van der Waals surface area contributed by atoms with E-state index in [9.17, 15) is 10.1 Å². The Kier molecular flexibility index (Phi) is 5.38. The van der Waals surface area contributed by atoms with Crippen molar-refractivity contribution in [2.45, 2.75) is 18.1 Å². The maximum absolute atomic E-state index is 12.3. The van der Waals surface area contributed by atoms with E-state index in [4.69, 9.17) is 11.6 Å². The standard InChI is InChI=1S/C23H17ClN2OS/c24-19-9-7-17(8-10-19)20-12-22(27)26-23(21(20)13-25)28-14-15-5-6-16-3-1-2-4-18(16)11-15/h1-11,20H,12,14H2,(H,26,27)/t20-/m0/s1. The third-order valence-corrected chi connectivity index (χ3v) is 6.17. The molecule has 138 valence electrons. The molecular weight excluding hydrogens is 388 g/mol. The Balaban J connectivity index is 1.60. The third kappa shape index (κ3) is 3.91. The molecule has 1 aliphatic heterocycles. The van der Waals surface area contributed by atoms with Crippen LogP contribution in [0.3, 0.4) is 0 Å². The van der Waals surface area contributed by atoms with Crippen LogP contribution < -0.4 is 5.32 Å². The van der Waals surface area contributed by atoms with E-state index in [0.29, 0.717) is 21.4 Å². The first kappa shape index (κ1) is 18.6. The Bertz CT molecular complexity index is 1120. The van der Waals surface area contributed by atoms with Gasteiger partial charge in [0.05, 0.1) is 16.7 Å². The van der Waals surface area contributed by atoms with Crippen molar-refractivity contribution in [3.8, 4) is 6.07 Å². The summed E-state index contributed by atoms with van der Waals surface area (Å²) in [5.41, 5.74) is 2.68. The summed E-state index contributed by atoms with van der Waals surface area (Å²) >= 11 is 7.47. The number of nitriles is 1. The molecule has 0 radical (unpaired) electrons. The second kappa shape index (κ2) is 8.10. The molecule has 3 aromatic carbocycles. The molecule has 5 heteroatoms. The average Bonchev–Trinajstić information content (AvgIpc) is 2.72. The number of hydrogen-bond acceptors (Lipinski definition) is 3. The highest BCUT2D eigenvalue weighted by molar-refractivity contribution is 8.02. The largest absolute Gasteiger partial charge is 0.320 e. The van der Waals surface area contributed by atoms with Crippen LogP contribution in [0.25, 0.3) is 10.8 Å². The molecule has 3 aromatic rings. The maximum Gasteiger partial charge on any atom is 0.225 e. The molecule has 0 spiro atoms. The lowest BCUT2D eigenvalue weighted by molar-refractivity contribution is -0.120. The Morgan fingerprint density at radius 2 is 1.82 bits per heavy atom. The Morgan fingerprint density at radius 1 is 1.07 bits per heavy atom. The minimum absolute atomic E-state index is 0.0695. The highest BCUT2D eigenvalue weighted by Crippen LogP contribution is 2.37. The predicted molar refractivity (Wildman–Crippen MR) is 115 cm³/mol. The summed E-state index contributed by atoms with van der Waals surface area (Å²) in [4.78, 5) is 12.3. The molecule has 4 rings (SSSR count). The van der Waals surface area contributed by atoms with E-state index >= 15 is 0 Å². The number of carbonyl (C=O) groups excluding carboxylic acids is 1. The van der Waals surface area contributed by atoms with Gasteiger partial charge in [-0.3, -0.25) is 4.79 Å². The van der Waals surface area contributed by atoms with Crippen molar-refractivity contribution in [3.05, 3.63) is 93.5 Å². The number of fused-ring (bicyclic) bond motifs is 1. The molecule has 0 fully saturated rings. The number of allylic oxidation sites excluding steroid dienone is 1. The Morgan fingerprint density at radius 3 is 2.57 bits per heavy atom. The van der Waals surface area contributed by atoms with Crippen molar-refractivity contribution in [1.29, 1.82) is 5.26 Å². The fourth-order valence-electron chi connectivity index (χ4n) is 3.40. The van der Waals surface area contributed by atoms with Crippen molar-refractivity contribution >= 4 is 40.0 Å². The van der Waals surface area contributed by atoms with Gasteiger partial charge in [0.2, 0.25) is 5.91 Å². The van der Waals surface area contributed by atoms with E-state index < -0.39 is 0 Å². The lowest BCUT2D eigenvalue weighted by Gasteiger charge is -2.25. The molecule has 1 amide bonds. The van der Waals surface area contributed by atoms with Gasteiger partial charge in [-0.1, -0.05) is 66.2 Å². The van der Waals surface area contributed by atoms with E-state index in [1.165, 1.54) is 22.5 Å². The topological polar surface area (TPSA) is 52.9 Å². The zero-order chi connectivity index (χ0) is 19.5. The molecule has 3 nitrogen and oxygen atoms in total. The number of halogens is 1. The number of nitrogens with zero attached hydrogens (tertiary/aromatic N) is 1. The van der Waals surface area contributed by atoms with Crippen LogP contribution in [0.4, 0.5) is 0 Å². The Labute approximate surface area is 173 Å². The van der Waals surface area contributed by atoms with Crippen LogP contribution in [0.1, 0.15) is 23.5 Å². The van der Waals surface area contributed by atoms with E-state index in [1.807, 2.05) is 24.3 Å². The monoisotopic (exact) mass is 404 g/mol. The number of hydrogen-bond donors (Lipinski definition) is 1. The molecule has 1 atom stereocenters. The van der Waals surface area contributed by atoms with Gasteiger partial charge < -0.3 is 5.32 Å². The SMILES string of the molecule is N#CC1=C(SCc2ccc3ccccc3c2)NC(=O)C[C@H]1c1ccc(Cl)cc1. The lowest BCUT2D eigenvalue weighted by Crippen LogP contribution is -2.30. The normalized spacial score (nSPS) is 16.7. The summed E-state index contributed by atoms with van der Waals surface area (Å²) in [6.45, 7) is 0. The second-order valence-corrected chi connectivity index (χ2v) is 8.10. The minimum atomic E-state index is -0.241. The van der Waals surface area contributed by atoms with Crippen molar-refractivity contribution in [3.63, 3.8) is 0 Å². The smallest absolute Gasteiger partial charge is 0.225 e. The Hall–Kier alpha value is -2.74. The van der Waals surface area contributed by atoms with Gasteiger partial charge in [-0.05, 0) is 34.0 Å². The summed E-state index contributed by atoms with van der Waals surface area (Å²) in [7, 11) is 0. The van der Waals surface area contributed by atoms with Crippen LogP contribution in [0.5, 0.6) is 0 Å². The van der Waals surface area contributed by atoms with Crippen LogP contribution in [0.15, 0.2) is 77.3 Å². The van der Waals surface area contributed by atoms with E-state index in [0.717, 1.165) is 11.1 Å². The summed E-state index contributed by atoms with van der Waals surface area (Å²) in [6, 6.07) is 24.2. The fraction of sp³-hybridized carbons (Fsp3) is 0.130. The molecular formula is C23H17ClN2OS. The zero-order valence-corrected chi connectivity index (χ0v) is 16.6. The molecule has 28 heavy (non-hydrogen) atoms. The van der Waals surface area contributed by atoms with Gasteiger partial charge >= 0.3 is 0 Å². The number of rotatable bonds is 4. The number of benzene rings is 3. The van der Waals surface area contributed by atoms with Gasteiger partial charge in [0.25, 0.3) is 0 Å². The molecule has 1 heterocycles. The quantitative estimate of drug-likeness (QED) is 0.600. The summed E-state index contributed by atoms with van der Waals surface area (Å²) in [5.74, 6) is 0.369. The van der Waals surface area contributed by atoms with Crippen molar-refractivity contribution < 1.29 is 4.79 Å². The molecule has 1 N–H and O–H groups in total. The molecule has 1 aliphatic rings. The van der Waals surface area contributed by atoms with Crippen molar-refractivity contribution in [1.82, 2.24) is 5.32 Å². The lowest BCUT2D eigenvalue weighted by atomic mass is 9.87. The zero-order valence-electron chi connectivity index (χ0n) is 15.0. The molecule has 0 saturated heterocycles. The van der Waals surface area contributed by atoms with Gasteiger partial charge in [0.15, 0.2) is 0 Å². The predicted octanol–water partition coefficient (Wildman–Crippen LogP) is 5.77. The molecule has 0 saturated carbocycles. The van der Waals surface area contributed by atoms with Crippen LogP contribution in [-0.4, -0.2) is 5.91 Å². The van der Waals surface area contributed by atoms with E-state index in [2.05, 4.69) is 41.7 Å². The summed E-state index contributed by atoms with van der Waals surface area (Å²) in [5, 5.41) is 16.3. The highest BCUT2D eigenvalue weighted by Gasteiger charge is 2.29. The average molecular weight is 405 g/mol. The first-order valence-corrected chi connectivity index (χ1v) is 10.3. The first-order chi connectivity index (χ1) is 13.6. The maximum atomic E-state index is 12.3. The van der Waals surface area contributed by atoms with Crippen LogP contribution in [0.2, 0.25) is 5.02 Å². The van der Waals surface area contributed by atoms with Gasteiger partial charge in [0, 0.05) is 23.1 Å². The van der Waals surface area contributed by atoms with E-state index in [1.54, 1.807) is 12.1 Å². The van der Waals surface area contributed by atoms with Crippen LogP contribution >= 0.6 is 23.4 Å². The van der Waals surface area contributed by atoms with Crippen LogP contribution in [0, 0.1) is 11.3 Å². The number of carbonyl (C=O) groups is 1. The van der Waals surface area contributed by atoms with Gasteiger partial charge in [-0.25, -0.2) is 0 Å². The van der Waals surface area contributed by atoms with Gasteiger partial charge in [-0.15, -0.1) is 11.8 Å². The molecule has 0 unspecified atom stereocenters. The molecule has 0 aliphatic carbocycles. The van der Waals surface area contributed by atoms with Gasteiger partial charge in [0.1, 0.15) is 0 Å². The highest BCUT2D eigenvalue weighted by atomic mass is 35.5. The van der Waals surface area contributed by atoms with Crippen molar-refractivity contribution in [2.75, 3.05) is 0 Å². The number of nitrogens with one attached hydrogen (secondary N) is 1. The van der Waals surface area contributed by atoms with Crippen LogP contribution in [-0.2, 0) is 10.5 Å². The fourth-order valence-corrected chi connectivity index (χ4v) is 4.54. The number of amides is 1. The van der Waals surface area contributed by atoms with E-state index in [-0.39, 0.29) is 18.2 Å². The minimum Gasteiger partial charge on any atom is -0.320 e. The summed E-state index contributed by atoms with van der Waals surface area (Å²) < 4.78 is 0. The molecule has 0 aromatic heterocycles. The third-order valence-electron chi connectivity index (χ3n) is 4.83. The number of thioether (sulfide) groups is 1. The molecule has 0 bridgehead atoms.